The fourth-order valence-corrected chi connectivity index (χ4v) is 3.19. The third-order valence-corrected chi connectivity index (χ3v) is 4.52. The van der Waals surface area contributed by atoms with Crippen LogP contribution in [0.2, 0.25) is 0 Å². The first-order chi connectivity index (χ1) is 11.8. The van der Waals surface area contributed by atoms with Crippen LogP contribution in [0, 0.1) is 5.92 Å². The first-order valence-corrected chi connectivity index (χ1v) is 8.38. The molecule has 2 heterocycles. The predicted molar refractivity (Wildman–Crippen MR) is 93.6 cm³/mol. The summed E-state index contributed by atoms with van der Waals surface area (Å²) < 4.78 is 2.99. The molecule has 0 unspecified atom stereocenters. The Morgan fingerprint density at radius 1 is 1.12 bits per heavy atom. The highest BCUT2D eigenvalue weighted by atomic mass is 16.1. The molecule has 0 spiro atoms. The highest BCUT2D eigenvalue weighted by molar-refractivity contribution is 5.75. The third kappa shape index (κ3) is 2.75. The summed E-state index contributed by atoms with van der Waals surface area (Å²) in [7, 11) is 0. The summed E-state index contributed by atoms with van der Waals surface area (Å²) in [6.45, 7) is 0. The second kappa shape index (κ2) is 6.39. The van der Waals surface area contributed by atoms with E-state index in [1.807, 2.05) is 36.5 Å². The van der Waals surface area contributed by atoms with Crippen molar-refractivity contribution in [1.29, 1.82) is 0 Å². The lowest BCUT2D eigenvalue weighted by molar-refractivity contribution is 0.443. The van der Waals surface area contributed by atoms with Crippen molar-refractivity contribution >= 4 is 17.2 Å². The van der Waals surface area contributed by atoms with Crippen molar-refractivity contribution < 1.29 is 0 Å². The van der Waals surface area contributed by atoms with Crippen molar-refractivity contribution in [1.82, 2.24) is 19.4 Å². The van der Waals surface area contributed by atoms with Gasteiger partial charge in [-0.15, -0.1) is 0 Å². The smallest absolute Gasteiger partial charge is 0.266 e. The Kier molecular flexibility index (Phi) is 3.94. The van der Waals surface area contributed by atoms with Gasteiger partial charge in [-0.2, -0.15) is 14.9 Å². The molecule has 1 fully saturated rings. The maximum atomic E-state index is 12.6. The number of hydrogen-bond donors (Lipinski definition) is 0. The Morgan fingerprint density at radius 2 is 1.92 bits per heavy atom. The lowest BCUT2D eigenvalue weighted by Crippen LogP contribution is -2.18. The van der Waals surface area contributed by atoms with E-state index in [4.69, 9.17) is 0 Å². The van der Waals surface area contributed by atoms with Gasteiger partial charge in [0.1, 0.15) is 11.7 Å². The highest BCUT2D eigenvalue weighted by Gasteiger charge is 2.13. The van der Waals surface area contributed by atoms with Crippen LogP contribution in [-0.4, -0.2) is 25.7 Å². The van der Waals surface area contributed by atoms with E-state index < -0.39 is 0 Å². The molecule has 24 heavy (non-hydrogen) atoms. The Balaban J connectivity index is 1.69. The summed E-state index contributed by atoms with van der Waals surface area (Å²) >= 11 is 0. The average Bonchev–Trinajstić information content (AvgIpc) is 3.08. The van der Waals surface area contributed by atoms with Crippen LogP contribution in [0.25, 0.3) is 16.7 Å². The number of para-hydroxylation sites is 1. The van der Waals surface area contributed by atoms with Crippen molar-refractivity contribution in [3.63, 3.8) is 0 Å². The molecule has 1 aromatic carbocycles. The van der Waals surface area contributed by atoms with Crippen LogP contribution in [0.5, 0.6) is 0 Å². The summed E-state index contributed by atoms with van der Waals surface area (Å²) in [4.78, 5) is 17.0. The minimum absolute atomic E-state index is 0.186. The largest absolute Gasteiger partial charge is 0.285 e. The minimum atomic E-state index is -0.186. The molecule has 1 aliphatic carbocycles. The number of benzene rings is 1. The second-order valence-electron chi connectivity index (χ2n) is 6.19. The first-order valence-electron chi connectivity index (χ1n) is 8.38. The van der Waals surface area contributed by atoms with Crippen molar-refractivity contribution in [2.24, 2.45) is 11.0 Å². The maximum Gasteiger partial charge on any atom is 0.285 e. The van der Waals surface area contributed by atoms with E-state index in [0.29, 0.717) is 17.0 Å². The second-order valence-corrected chi connectivity index (χ2v) is 6.19. The molecule has 6 nitrogen and oxygen atoms in total. The topological polar surface area (TPSA) is 65.1 Å². The molecule has 0 bridgehead atoms. The molecule has 0 amide bonds. The van der Waals surface area contributed by atoms with Gasteiger partial charge in [0.05, 0.1) is 11.9 Å². The monoisotopic (exact) mass is 321 g/mol. The summed E-state index contributed by atoms with van der Waals surface area (Å²) in [5.41, 5.74) is 1.24. The van der Waals surface area contributed by atoms with Crippen LogP contribution in [0.15, 0.2) is 52.8 Å². The zero-order chi connectivity index (χ0) is 16.4. The predicted octanol–water partition coefficient (Wildman–Crippen LogP) is 3.00. The Labute approximate surface area is 139 Å². The Morgan fingerprint density at radius 3 is 2.71 bits per heavy atom. The highest BCUT2D eigenvalue weighted by Crippen LogP contribution is 2.21. The van der Waals surface area contributed by atoms with E-state index in [2.05, 4.69) is 15.2 Å². The van der Waals surface area contributed by atoms with Crippen molar-refractivity contribution in [2.75, 3.05) is 0 Å². The van der Waals surface area contributed by atoms with Crippen molar-refractivity contribution in [3.05, 3.63) is 53.2 Å². The van der Waals surface area contributed by atoms with Gasteiger partial charge in [0.15, 0.2) is 5.65 Å². The lowest BCUT2D eigenvalue weighted by atomic mass is 9.90. The quantitative estimate of drug-likeness (QED) is 0.697. The van der Waals surface area contributed by atoms with Gasteiger partial charge in [-0.25, -0.2) is 9.67 Å². The summed E-state index contributed by atoms with van der Waals surface area (Å²) in [5.74, 6) is 0.466. The Bertz CT molecular complexity index is 919. The molecule has 1 saturated carbocycles. The van der Waals surface area contributed by atoms with Gasteiger partial charge < -0.3 is 0 Å². The molecule has 1 aliphatic rings. The normalized spacial score (nSPS) is 16.2. The van der Waals surface area contributed by atoms with Crippen LogP contribution >= 0.6 is 0 Å². The van der Waals surface area contributed by atoms with E-state index in [1.54, 1.807) is 10.9 Å². The fourth-order valence-electron chi connectivity index (χ4n) is 3.19. The Hall–Kier alpha value is -2.76. The fraction of sp³-hybridized carbons (Fsp3) is 0.333. The molecular weight excluding hydrogens is 302 g/mol. The molecule has 0 N–H and O–H groups in total. The molecule has 2 aromatic heterocycles. The minimum Gasteiger partial charge on any atom is -0.266 e. The van der Waals surface area contributed by atoms with E-state index >= 15 is 0 Å². The molecule has 4 rings (SSSR count). The summed E-state index contributed by atoms with van der Waals surface area (Å²) in [6, 6.07) is 9.66. The van der Waals surface area contributed by atoms with Crippen molar-refractivity contribution in [2.45, 2.75) is 32.1 Å². The van der Waals surface area contributed by atoms with Gasteiger partial charge >= 0.3 is 0 Å². The van der Waals surface area contributed by atoms with Gasteiger partial charge in [0, 0.05) is 6.21 Å². The third-order valence-electron chi connectivity index (χ3n) is 4.52. The SMILES string of the molecule is O=c1c2cnn(-c3ccccc3)c2ncn1/N=C\C1CCCCC1. The van der Waals surface area contributed by atoms with E-state index in [0.717, 1.165) is 18.5 Å². The van der Waals surface area contributed by atoms with Gasteiger partial charge in [-0.1, -0.05) is 37.5 Å². The van der Waals surface area contributed by atoms with E-state index in [-0.39, 0.29) is 5.56 Å². The number of rotatable bonds is 3. The molecule has 0 saturated heterocycles. The first kappa shape index (κ1) is 14.8. The van der Waals surface area contributed by atoms with Crippen LogP contribution < -0.4 is 5.56 Å². The molecule has 0 atom stereocenters. The molecule has 122 valence electrons. The molecule has 0 radical (unpaired) electrons. The molecule has 3 aromatic rings. The van der Waals surface area contributed by atoms with Crippen LogP contribution in [0.3, 0.4) is 0 Å². The van der Waals surface area contributed by atoms with Crippen LogP contribution in [0.1, 0.15) is 32.1 Å². The van der Waals surface area contributed by atoms with Gasteiger partial charge in [0.2, 0.25) is 0 Å². The summed E-state index contributed by atoms with van der Waals surface area (Å²) in [5, 5.41) is 9.12. The van der Waals surface area contributed by atoms with Gasteiger partial charge in [-0.05, 0) is 30.9 Å². The number of aromatic nitrogens is 4. The zero-order valence-corrected chi connectivity index (χ0v) is 13.4. The van der Waals surface area contributed by atoms with Crippen molar-refractivity contribution in [3.8, 4) is 5.69 Å². The standard InChI is InChI=1S/C18H19N5O/c24-18-16-12-21-23(15-9-5-2-6-10-15)17(16)19-13-22(18)20-11-14-7-3-1-4-8-14/h2,5-6,9-14H,1,3-4,7-8H2/b20-11-. The van der Waals surface area contributed by atoms with Gasteiger partial charge in [0.25, 0.3) is 5.56 Å². The number of hydrogen-bond acceptors (Lipinski definition) is 4. The van der Waals surface area contributed by atoms with E-state index in [9.17, 15) is 4.79 Å². The number of nitrogens with zero attached hydrogens (tertiary/aromatic N) is 5. The lowest BCUT2D eigenvalue weighted by Gasteiger charge is -2.16. The van der Waals surface area contributed by atoms with Crippen LogP contribution in [0.4, 0.5) is 0 Å². The van der Waals surface area contributed by atoms with Gasteiger partial charge in [-0.3, -0.25) is 4.79 Å². The molecule has 6 heteroatoms. The zero-order valence-electron chi connectivity index (χ0n) is 13.4. The van der Waals surface area contributed by atoms with Crippen LogP contribution in [-0.2, 0) is 0 Å². The number of fused-ring (bicyclic) bond motifs is 1. The summed E-state index contributed by atoms with van der Waals surface area (Å²) in [6.07, 6.45) is 11.0. The average molecular weight is 321 g/mol. The van der Waals surface area contributed by atoms with E-state index in [1.165, 1.54) is 30.3 Å². The molecule has 0 aliphatic heterocycles. The molecular formula is C18H19N5O. The maximum absolute atomic E-state index is 12.6.